The summed E-state index contributed by atoms with van der Waals surface area (Å²) in [5.41, 5.74) is 2.73. The second-order valence-corrected chi connectivity index (χ2v) is 9.78. The van der Waals surface area contributed by atoms with E-state index in [2.05, 4.69) is 42.4 Å². The van der Waals surface area contributed by atoms with Crippen LogP contribution < -0.4 is 0 Å². The second kappa shape index (κ2) is 10.7. The summed E-state index contributed by atoms with van der Waals surface area (Å²) in [6.07, 6.45) is 2.90. The predicted molar refractivity (Wildman–Crippen MR) is 135 cm³/mol. The number of hydrogen-bond acceptors (Lipinski definition) is 5. The maximum Gasteiger partial charge on any atom is 0.253 e. The molecule has 2 aromatic carbocycles. The Hall–Kier alpha value is -2.67. The summed E-state index contributed by atoms with van der Waals surface area (Å²) in [5.74, 6) is 0.258. The first-order chi connectivity index (χ1) is 16.4. The monoisotopic (exact) mass is 463 g/mol. The van der Waals surface area contributed by atoms with Crippen LogP contribution in [0.5, 0.6) is 5.75 Å². The van der Waals surface area contributed by atoms with E-state index < -0.39 is 0 Å². The molecule has 0 aliphatic carbocycles. The maximum absolute atomic E-state index is 13.3. The van der Waals surface area contributed by atoms with Crippen LogP contribution in [-0.4, -0.2) is 81.7 Å². The van der Waals surface area contributed by atoms with E-state index in [1.54, 1.807) is 6.07 Å². The zero-order valence-corrected chi connectivity index (χ0v) is 20.3. The molecule has 2 aromatic rings. The van der Waals surface area contributed by atoms with Crippen LogP contribution >= 0.6 is 0 Å². The number of aliphatic hydroxyl groups is 1. The molecule has 6 nitrogen and oxygen atoms in total. The van der Waals surface area contributed by atoms with Crippen molar-refractivity contribution in [1.29, 1.82) is 0 Å². The number of hydrogen-bond donors (Lipinski definition) is 2. The number of aromatic hydroxyl groups is 1. The molecule has 0 aromatic heterocycles. The summed E-state index contributed by atoms with van der Waals surface area (Å²) < 4.78 is 0. The van der Waals surface area contributed by atoms with Crippen molar-refractivity contribution < 1.29 is 15.0 Å². The fraction of sp³-hybridized carbons (Fsp3) is 0.464. The van der Waals surface area contributed by atoms with E-state index in [1.807, 2.05) is 41.3 Å². The van der Waals surface area contributed by atoms with Crippen molar-refractivity contribution in [3.05, 3.63) is 77.9 Å². The number of piperidine rings is 1. The lowest BCUT2D eigenvalue weighted by atomic mass is 9.92. The van der Waals surface area contributed by atoms with Gasteiger partial charge >= 0.3 is 0 Å². The summed E-state index contributed by atoms with van der Waals surface area (Å²) in [4.78, 5) is 20.0. The Morgan fingerprint density at radius 2 is 1.74 bits per heavy atom. The molecule has 182 valence electrons. The van der Waals surface area contributed by atoms with Gasteiger partial charge in [-0.25, -0.2) is 0 Å². The standard InChI is InChI=1S/C28H37N3O3/c1-4-13-30-18-21(3)31(19-20(30)2)27(23-8-6-10-26(33)17-23)22-7-5-9-24(16-22)28(34)29-14-11-25(32)12-15-29/h4-10,16-17,20-21,25,27,32-33H,1,11-15,18-19H2,2-3H3/t20-,21+,27-/m1/s1. The number of phenols is 1. The minimum Gasteiger partial charge on any atom is -0.508 e. The van der Waals surface area contributed by atoms with E-state index in [0.29, 0.717) is 37.5 Å². The van der Waals surface area contributed by atoms with Gasteiger partial charge in [0.25, 0.3) is 5.91 Å². The summed E-state index contributed by atoms with van der Waals surface area (Å²) in [7, 11) is 0. The highest BCUT2D eigenvalue weighted by molar-refractivity contribution is 5.94. The van der Waals surface area contributed by atoms with Crippen molar-refractivity contribution in [2.75, 3.05) is 32.7 Å². The number of carbonyl (C=O) groups excluding carboxylic acids is 1. The first-order valence-corrected chi connectivity index (χ1v) is 12.3. The van der Waals surface area contributed by atoms with Crippen LogP contribution in [0.1, 0.15) is 54.2 Å². The number of nitrogens with zero attached hydrogens (tertiary/aromatic N) is 3. The normalized spacial score (nSPS) is 23.6. The average Bonchev–Trinajstić information content (AvgIpc) is 2.83. The third-order valence-corrected chi connectivity index (χ3v) is 7.25. The van der Waals surface area contributed by atoms with E-state index in [1.165, 1.54) is 0 Å². The molecule has 1 amide bonds. The first-order valence-electron chi connectivity index (χ1n) is 12.3. The summed E-state index contributed by atoms with van der Waals surface area (Å²) in [5, 5.41) is 20.1. The van der Waals surface area contributed by atoms with Gasteiger partial charge in [0, 0.05) is 50.4 Å². The van der Waals surface area contributed by atoms with Crippen LogP contribution in [0.4, 0.5) is 0 Å². The Kier molecular flexibility index (Phi) is 7.71. The lowest BCUT2D eigenvalue weighted by molar-refractivity contribution is 0.0306. The minimum absolute atomic E-state index is 0.0145. The van der Waals surface area contributed by atoms with Crippen molar-refractivity contribution in [3.63, 3.8) is 0 Å². The predicted octanol–water partition coefficient (Wildman–Crippen LogP) is 3.66. The molecule has 2 fully saturated rings. The van der Waals surface area contributed by atoms with Gasteiger partial charge in [0.05, 0.1) is 12.1 Å². The van der Waals surface area contributed by atoms with Gasteiger partial charge in [0.1, 0.15) is 5.75 Å². The fourth-order valence-corrected chi connectivity index (χ4v) is 5.37. The number of rotatable bonds is 6. The SMILES string of the molecule is C=CCN1C[C@H](C)N([C@@H](c2cccc(O)c2)c2cccc(C(=O)N3CCC(O)CC3)c2)C[C@H]1C. The highest BCUT2D eigenvalue weighted by Gasteiger charge is 2.35. The number of phenolic OH excluding ortho intramolecular Hbond substituents is 1. The van der Waals surface area contributed by atoms with Crippen molar-refractivity contribution in [3.8, 4) is 5.75 Å². The topological polar surface area (TPSA) is 67.2 Å². The first kappa shape index (κ1) is 24.5. The molecular formula is C28H37N3O3. The number of piperazine rings is 1. The summed E-state index contributed by atoms with van der Waals surface area (Å²) in [6.45, 7) is 12.2. The molecule has 2 saturated heterocycles. The van der Waals surface area contributed by atoms with Crippen molar-refractivity contribution in [2.24, 2.45) is 0 Å². The van der Waals surface area contributed by atoms with Crippen LogP contribution in [0, 0.1) is 0 Å². The van der Waals surface area contributed by atoms with Crippen molar-refractivity contribution in [2.45, 2.75) is 50.9 Å². The lowest BCUT2D eigenvalue weighted by Crippen LogP contribution is -2.57. The second-order valence-electron chi connectivity index (χ2n) is 9.78. The zero-order valence-electron chi connectivity index (χ0n) is 20.3. The van der Waals surface area contributed by atoms with Crippen LogP contribution in [0.25, 0.3) is 0 Å². The summed E-state index contributed by atoms with van der Waals surface area (Å²) >= 11 is 0. The van der Waals surface area contributed by atoms with Crippen LogP contribution in [0.2, 0.25) is 0 Å². The third-order valence-electron chi connectivity index (χ3n) is 7.25. The Labute approximate surface area is 203 Å². The molecule has 6 heteroatoms. The molecule has 0 bridgehead atoms. The van der Waals surface area contributed by atoms with Crippen molar-refractivity contribution in [1.82, 2.24) is 14.7 Å². The molecule has 4 rings (SSSR count). The highest BCUT2D eigenvalue weighted by Crippen LogP contribution is 2.35. The molecule has 0 saturated carbocycles. The van der Waals surface area contributed by atoms with E-state index in [4.69, 9.17) is 0 Å². The molecule has 34 heavy (non-hydrogen) atoms. The van der Waals surface area contributed by atoms with Gasteiger partial charge in [0.15, 0.2) is 0 Å². The quantitative estimate of drug-likeness (QED) is 0.640. The fourth-order valence-electron chi connectivity index (χ4n) is 5.37. The van der Waals surface area contributed by atoms with Gasteiger partial charge in [-0.05, 0) is 62.1 Å². The van der Waals surface area contributed by atoms with Crippen LogP contribution in [-0.2, 0) is 0 Å². The summed E-state index contributed by atoms with van der Waals surface area (Å²) in [6, 6.07) is 16.0. The maximum atomic E-state index is 13.3. The van der Waals surface area contributed by atoms with E-state index in [9.17, 15) is 15.0 Å². The van der Waals surface area contributed by atoms with Gasteiger partial charge in [0.2, 0.25) is 0 Å². The third kappa shape index (κ3) is 5.35. The molecule has 2 N–H and O–H groups in total. The smallest absolute Gasteiger partial charge is 0.253 e. The number of benzene rings is 2. The zero-order chi connectivity index (χ0) is 24.2. The molecule has 2 aliphatic rings. The Balaban J connectivity index is 1.67. The minimum atomic E-state index is -0.311. The van der Waals surface area contributed by atoms with E-state index >= 15 is 0 Å². The number of carbonyl (C=O) groups is 1. The molecular weight excluding hydrogens is 426 g/mol. The van der Waals surface area contributed by atoms with E-state index in [-0.39, 0.29) is 29.8 Å². The van der Waals surface area contributed by atoms with E-state index in [0.717, 1.165) is 30.8 Å². The van der Waals surface area contributed by atoms with Gasteiger partial charge in [-0.3, -0.25) is 14.6 Å². The average molecular weight is 464 g/mol. The molecule has 3 atom stereocenters. The highest BCUT2D eigenvalue weighted by atomic mass is 16.3. The van der Waals surface area contributed by atoms with Gasteiger partial charge in [-0.15, -0.1) is 6.58 Å². The number of likely N-dealkylation sites (tertiary alicyclic amines) is 1. The lowest BCUT2D eigenvalue weighted by Gasteiger charge is -2.47. The van der Waals surface area contributed by atoms with Gasteiger partial charge in [-0.2, -0.15) is 0 Å². The van der Waals surface area contributed by atoms with Gasteiger partial charge in [-0.1, -0.05) is 30.3 Å². The largest absolute Gasteiger partial charge is 0.508 e. The number of aliphatic hydroxyl groups excluding tert-OH is 1. The Bertz CT molecular complexity index is 1000. The molecule has 0 radical (unpaired) electrons. The molecule has 0 unspecified atom stereocenters. The Morgan fingerprint density at radius 3 is 2.41 bits per heavy atom. The number of amides is 1. The van der Waals surface area contributed by atoms with Crippen LogP contribution in [0.15, 0.2) is 61.2 Å². The Morgan fingerprint density at radius 1 is 1.06 bits per heavy atom. The van der Waals surface area contributed by atoms with Crippen LogP contribution in [0.3, 0.4) is 0 Å². The van der Waals surface area contributed by atoms with Gasteiger partial charge < -0.3 is 15.1 Å². The van der Waals surface area contributed by atoms with Crippen molar-refractivity contribution >= 4 is 5.91 Å². The molecule has 0 spiro atoms. The molecule has 2 aliphatic heterocycles. The molecule has 2 heterocycles.